The van der Waals surface area contributed by atoms with Gasteiger partial charge in [-0.1, -0.05) is 48.5 Å². The monoisotopic (exact) mass is 418 g/mol. The van der Waals surface area contributed by atoms with Crippen molar-refractivity contribution < 1.29 is 14.3 Å². The molecule has 2 aromatic heterocycles. The van der Waals surface area contributed by atoms with Crippen molar-refractivity contribution >= 4 is 11.6 Å². The van der Waals surface area contributed by atoms with Crippen LogP contribution in [0.2, 0.25) is 0 Å². The quantitative estimate of drug-likeness (QED) is 0.517. The molecule has 158 valence electrons. The van der Waals surface area contributed by atoms with E-state index >= 15 is 0 Å². The van der Waals surface area contributed by atoms with E-state index in [9.17, 15) is 14.3 Å². The largest absolute Gasteiger partial charge is 0.493 e. The minimum absolute atomic E-state index is 0.142. The van der Waals surface area contributed by atoms with Crippen LogP contribution in [0.25, 0.3) is 5.65 Å². The van der Waals surface area contributed by atoms with Gasteiger partial charge < -0.3 is 10.0 Å². The van der Waals surface area contributed by atoms with Crippen LogP contribution in [0.1, 0.15) is 32.7 Å². The van der Waals surface area contributed by atoms with Crippen molar-refractivity contribution in [2.75, 3.05) is 13.6 Å². The maximum Gasteiger partial charge on any atom is 0.259 e. The van der Waals surface area contributed by atoms with E-state index in [0.29, 0.717) is 28.9 Å². The first-order chi connectivity index (χ1) is 15.0. The second-order valence-corrected chi connectivity index (χ2v) is 7.52. The van der Waals surface area contributed by atoms with Gasteiger partial charge in [0.05, 0.1) is 6.20 Å². The first-order valence-electron chi connectivity index (χ1n) is 10.0. The molecule has 0 bridgehead atoms. The molecule has 2 heterocycles. The summed E-state index contributed by atoms with van der Waals surface area (Å²) < 4.78 is 15.3. The molecule has 1 N–H and O–H groups in total. The van der Waals surface area contributed by atoms with Crippen LogP contribution in [-0.4, -0.2) is 44.1 Å². The molecule has 2 aromatic carbocycles. The van der Waals surface area contributed by atoms with Crippen molar-refractivity contribution in [3.63, 3.8) is 0 Å². The van der Waals surface area contributed by atoms with E-state index in [1.165, 1.54) is 16.8 Å². The molecule has 0 spiro atoms. The molecule has 4 rings (SSSR count). The van der Waals surface area contributed by atoms with Gasteiger partial charge in [0.15, 0.2) is 5.65 Å². The molecule has 0 atom stereocenters. The van der Waals surface area contributed by atoms with E-state index < -0.39 is 0 Å². The highest BCUT2D eigenvalue weighted by atomic mass is 19.1. The fourth-order valence-electron chi connectivity index (χ4n) is 3.56. The van der Waals surface area contributed by atoms with Crippen LogP contribution in [0, 0.1) is 12.7 Å². The van der Waals surface area contributed by atoms with Crippen molar-refractivity contribution in [1.82, 2.24) is 19.5 Å². The second-order valence-electron chi connectivity index (χ2n) is 7.52. The number of aryl methyl sites for hydroxylation is 1. The van der Waals surface area contributed by atoms with Gasteiger partial charge in [0, 0.05) is 31.3 Å². The molecule has 6 nitrogen and oxygen atoms in total. The molecule has 0 saturated heterocycles. The molecule has 0 radical (unpaired) electrons. The van der Waals surface area contributed by atoms with Crippen LogP contribution >= 0.6 is 0 Å². The molecule has 0 aliphatic heterocycles. The van der Waals surface area contributed by atoms with Gasteiger partial charge in [0.1, 0.15) is 11.4 Å². The fourth-order valence-corrected chi connectivity index (χ4v) is 3.56. The third-order valence-electron chi connectivity index (χ3n) is 5.41. The van der Waals surface area contributed by atoms with E-state index in [1.54, 1.807) is 37.1 Å². The zero-order valence-corrected chi connectivity index (χ0v) is 17.4. The Kier molecular flexibility index (Phi) is 5.66. The number of halogens is 1. The predicted molar refractivity (Wildman–Crippen MR) is 116 cm³/mol. The summed E-state index contributed by atoms with van der Waals surface area (Å²) in [4.78, 5) is 19.1. The Labute approximate surface area is 179 Å². The number of amides is 1. The smallest absolute Gasteiger partial charge is 0.259 e. The molecule has 0 fully saturated rings. The van der Waals surface area contributed by atoms with Gasteiger partial charge in [-0.15, -0.1) is 0 Å². The average Bonchev–Trinajstić information content (AvgIpc) is 3.20. The summed E-state index contributed by atoms with van der Waals surface area (Å²) in [7, 11) is 1.73. The lowest BCUT2D eigenvalue weighted by Gasteiger charge is -2.16. The van der Waals surface area contributed by atoms with Crippen LogP contribution in [0.4, 0.5) is 4.39 Å². The first kappa shape index (κ1) is 20.5. The lowest BCUT2D eigenvalue weighted by Crippen LogP contribution is -2.28. The van der Waals surface area contributed by atoms with Crippen LogP contribution in [0.3, 0.4) is 0 Å². The van der Waals surface area contributed by atoms with Gasteiger partial charge in [-0.05, 0) is 30.5 Å². The Bertz CT molecular complexity index is 1240. The van der Waals surface area contributed by atoms with Gasteiger partial charge >= 0.3 is 0 Å². The molecule has 7 heteroatoms. The van der Waals surface area contributed by atoms with Crippen molar-refractivity contribution in [3.05, 3.63) is 94.6 Å². The highest BCUT2D eigenvalue weighted by molar-refractivity contribution is 5.99. The maximum absolute atomic E-state index is 14.1. The summed E-state index contributed by atoms with van der Waals surface area (Å²) >= 11 is 0. The number of likely N-dealkylation sites (N-methyl/N-ethyl adjacent to an activating group) is 1. The number of carbonyl (C=O) groups is 1. The normalized spacial score (nSPS) is 11.1. The third-order valence-corrected chi connectivity index (χ3v) is 5.41. The van der Waals surface area contributed by atoms with E-state index in [1.807, 2.05) is 30.3 Å². The minimum atomic E-state index is -0.349. The van der Waals surface area contributed by atoms with Crippen molar-refractivity contribution in [2.24, 2.45) is 0 Å². The van der Waals surface area contributed by atoms with Crippen LogP contribution < -0.4 is 0 Å². The number of hydrogen-bond acceptors (Lipinski definition) is 4. The number of rotatable bonds is 6. The molecule has 0 unspecified atom stereocenters. The van der Waals surface area contributed by atoms with Gasteiger partial charge in [-0.2, -0.15) is 9.61 Å². The number of benzene rings is 2. The number of aromatic nitrogens is 3. The Morgan fingerprint density at radius 1 is 1.13 bits per heavy atom. The number of aromatic hydroxyl groups is 1. The van der Waals surface area contributed by atoms with Crippen molar-refractivity contribution in [3.8, 4) is 5.88 Å². The molecule has 1 amide bonds. The molecule has 0 aliphatic rings. The lowest BCUT2D eigenvalue weighted by molar-refractivity contribution is 0.0798. The summed E-state index contributed by atoms with van der Waals surface area (Å²) in [6, 6.07) is 16.3. The molecule has 31 heavy (non-hydrogen) atoms. The second kappa shape index (κ2) is 8.55. The topological polar surface area (TPSA) is 70.7 Å². The molecule has 0 saturated carbocycles. The average molecular weight is 418 g/mol. The molecule has 4 aromatic rings. The minimum Gasteiger partial charge on any atom is -0.493 e. The molecular weight excluding hydrogens is 395 g/mol. The van der Waals surface area contributed by atoms with E-state index in [4.69, 9.17) is 0 Å². The van der Waals surface area contributed by atoms with E-state index in [-0.39, 0.29) is 29.7 Å². The Balaban J connectivity index is 1.60. The summed E-state index contributed by atoms with van der Waals surface area (Å²) in [5.74, 6) is -0.714. The summed E-state index contributed by atoms with van der Waals surface area (Å²) in [6.07, 6.45) is 2.32. The predicted octanol–water partition coefficient (Wildman–Crippen LogP) is 3.79. The molecular formula is C24H23FN4O2. The van der Waals surface area contributed by atoms with Gasteiger partial charge in [-0.3, -0.25) is 4.79 Å². The van der Waals surface area contributed by atoms with Crippen molar-refractivity contribution in [2.45, 2.75) is 19.8 Å². The number of fused-ring (bicyclic) bond motifs is 1. The lowest BCUT2D eigenvalue weighted by atomic mass is 10.0. The fraction of sp³-hybridized carbons (Fsp3) is 0.208. The molecule has 0 aliphatic carbocycles. The van der Waals surface area contributed by atoms with E-state index in [0.717, 1.165) is 12.0 Å². The van der Waals surface area contributed by atoms with Crippen LogP contribution in [-0.2, 0) is 12.8 Å². The zero-order valence-electron chi connectivity index (χ0n) is 17.4. The standard InChI is InChI=1S/C24H23FN4O2/c1-16-19(14-18-10-6-7-11-21(18)25)24(31)29-22(27-16)20(15-26-29)23(30)28(2)13-12-17-8-4-3-5-9-17/h3-11,15,31H,12-14H2,1-2H3. The summed E-state index contributed by atoms with van der Waals surface area (Å²) in [5, 5.41) is 15.0. The summed E-state index contributed by atoms with van der Waals surface area (Å²) in [6.45, 7) is 2.27. The maximum atomic E-state index is 14.1. The number of carbonyl (C=O) groups excluding carboxylic acids is 1. The Morgan fingerprint density at radius 3 is 2.58 bits per heavy atom. The van der Waals surface area contributed by atoms with Gasteiger partial charge in [-0.25, -0.2) is 9.37 Å². The van der Waals surface area contributed by atoms with Crippen LogP contribution in [0.15, 0.2) is 60.8 Å². The number of hydrogen-bond donors (Lipinski definition) is 1. The van der Waals surface area contributed by atoms with Gasteiger partial charge in [0.25, 0.3) is 5.91 Å². The van der Waals surface area contributed by atoms with Gasteiger partial charge in [0.2, 0.25) is 5.88 Å². The zero-order chi connectivity index (χ0) is 22.0. The Hall–Kier alpha value is -3.74. The SMILES string of the molecule is Cc1nc2c(C(=O)N(C)CCc3ccccc3)cnn2c(O)c1Cc1ccccc1F. The van der Waals surface area contributed by atoms with Crippen LogP contribution in [0.5, 0.6) is 5.88 Å². The first-order valence-corrected chi connectivity index (χ1v) is 10.0. The highest BCUT2D eigenvalue weighted by Crippen LogP contribution is 2.26. The van der Waals surface area contributed by atoms with Crippen molar-refractivity contribution in [1.29, 1.82) is 0 Å². The van der Waals surface area contributed by atoms with E-state index in [2.05, 4.69) is 10.1 Å². The number of nitrogens with zero attached hydrogens (tertiary/aromatic N) is 4. The Morgan fingerprint density at radius 2 is 1.84 bits per heavy atom. The summed E-state index contributed by atoms with van der Waals surface area (Å²) in [5.41, 5.74) is 3.18. The third kappa shape index (κ3) is 4.12. The highest BCUT2D eigenvalue weighted by Gasteiger charge is 2.22.